The number of nitrogens with zero attached hydrogens (tertiary/aromatic N) is 1. The summed E-state index contributed by atoms with van der Waals surface area (Å²) in [6, 6.07) is 1.15. The number of hydrogen-bond acceptors (Lipinski definition) is 0. The summed E-state index contributed by atoms with van der Waals surface area (Å²) in [6.45, 7) is 8.76. The molecule has 0 aliphatic carbocycles. The Labute approximate surface area is 170 Å². The zero-order valence-corrected chi connectivity index (χ0v) is 19.8. The fourth-order valence-corrected chi connectivity index (χ4v) is 4.21. The van der Waals surface area contributed by atoms with Gasteiger partial charge in [-0.2, -0.15) is 0 Å². The molecule has 0 N–H and O–H groups in total. The highest BCUT2D eigenvalue weighted by molar-refractivity contribution is 6.08. The Hall–Kier alpha value is 0.177. The summed E-state index contributed by atoms with van der Waals surface area (Å²) in [6.07, 6.45) is 24.4. The molecule has 0 aliphatic heterocycles. The minimum Gasteiger partial charge on any atom is -0.326 e. The second-order valence-corrected chi connectivity index (χ2v) is 9.34. The molecule has 0 saturated heterocycles. The van der Waals surface area contributed by atoms with Crippen molar-refractivity contribution in [3.05, 3.63) is 0 Å². The zero-order chi connectivity index (χ0) is 19.3. The average molecular weight is 382 g/mol. The maximum atomic E-state index is 3.68. The van der Waals surface area contributed by atoms with E-state index in [9.17, 15) is 0 Å². The van der Waals surface area contributed by atoms with E-state index in [0.717, 1.165) is 6.04 Å². The summed E-state index contributed by atoms with van der Waals surface area (Å²) >= 11 is 0. The first-order chi connectivity index (χ1) is 12.7. The van der Waals surface area contributed by atoms with Gasteiger partial charge in [0.2, 0.25) is 0 Å². The molecule has 1 nitrogen and oxygen atoms in total. The third-order valence-electron chi connectivity index (χ3n) is 5.98. The van der Waals surface area contributed by atoms with Gasteiger partial charge in [0.15, 0.2) is 0 Å². The highest BCUT2D eigenvalue weighted by Crippen LogP contribution is 2.15. The van der Waals surface area contributed by atoms with E-state index in [1.54, 1.807) is 0 Å². The Morgan fingerprint density at radius 2 is 0.769 bits per heavy atom. The summed E-state index contributed by atoms with van der Waals surface area (Å²) in [4.78, 5) is 0. The molecule has 1 atom stereocenters. The molecule has 0 heterocycles. The average Bonchev–Trinajstić information content (AvgIpc) is 2.64. The molecule has 155 valence electrons. The van der Waals surface area contributed by atoms with Gasteiger partial charge in [-0.15, -0.1) is 0 Å². The molecule has 0 bridgehead atoms. The maximum Gasteiger partial charge on any atom is 0.0784 e. The Morgan fingerprint density at radius 1 is 0.462 bits per heavy atom. The molecule has 0 amide bonds. The lowest BCUT2D eigenvalue weighted by atomic mass is 10.1. The van der Waals surface area contributed by atoms with Crippen LogP contribution in [0.1, 0.15) is 123 Å². The molecule has 1 unspecified atom stereocenters. The lowest BCUT2D eigenvalue weighted by Crippen LogP contribution is -2.46. The predicted octanol–water partition coefficient (Wildman–Crippen LogP) is 7.69. The molecule has 0 aliphatic rings. The number of quaternary nitrogens is 1. The fraction of sp³-hybridized carbons (Fsp3) is 1.00. The van der Waals surface area contributed by atoms with E-state index in [0.29, 0.717) is 0 Å². The van der Waals surface area contributed by atoms with Crippen LogP contribution in [-0.2, 0) is 0 Å². The van der Waals surface area contributed by atoms with Crippen molar-refractivity contribution in [2.75, 3.05) is 26.7 Å². The van der Waals surface area contributed by atoms with E-state index in [4.69, 9.17) is 0 Å². The van der Waals surface area contributed by atoms with Crippen molar-refractivity contribution in [2.45, 2.75) is 129 Å². The molecule has 0 aromatic rings. The van der Waals surface area contributed by atoms with Crippen LogP contribution in [0, 0.1) is 0 Å². The maximum absolute atomic E-state index is 3.68. The molecular formula is C24H51NSi+. The van der Waals surface area contributed by atoms with Gasteiger partial charge in [-0.1, -0.05) is 96.9 Å². The van der Waals surface area contributed by atoms with Crippen LogP contribution in [0.5, 0.6) is 0 Å². The van der Waals surface area contributed by atoms with Gasteiger partial charge in [0.25, 0.3) is 0 Å². The van der Waals surface area contributed by atoms with Gasteiger partial charge in [0.1, 0.15) is 0 Å². The largest absolute Gasteiger partial charge is 0.326 e. The molecule has 2 heteroatoms. The summed E-state index contributed by atoms with van der Waals surface area (Å²) in [5.41, 5.74) is 0. The van der Waals surface area contributed by atoms with Gasteiger partial charge in [0.05, 0.1) is 26.7 Å². The fourth-order valence-electron chi connectivity index (χ4n) is 4.05. The Bertz CT molecular complexity index is 269. The first-order valence-corrected chi connectivity index (χ1v) is 12.9. The molecule has 3 radical (unpaired) electrons. The zero-order valence-electron chi connectivity index (χ0n) is 18.8. The van der Waals surface area contributed by atoms with Crippen molar-refractivity contribution in [1.82, 2.24) is 0 Å². The Balaban J connectivity index is 3.68. The van der Waals surface area contributed by atoms with Crippen LogP contribution in [0.25, 0.3) is 0 Å². The minimum atomic E-state index is 1.15. The van der Waals surface area contributed by atoms with Crippen LogP contribution in [0.15, 0.2) is 0 Å². The van der Waals surface area contributed by atoms with E-state index in [2.05, 4.69) is 31.1 Å². The molecule has 0 aromatic carbocycles. The van der Waals surface area contributed by atoms with Crippen molar-refractivity contribution in [3.63, 3.8) is 0 Å². The second kappa shape index (κ2) is 19.9. The van der Waals surface area contributed by atoms with Crippen LogP contribution < -0.4 is 0 Å². The molecule has 26 heavy (non-hydrogen) atoms. The Morgan fingerprint density at radius 3 is 1.12 bits per heavy atom. The van der Waals surface area contributed by atoms with E-state index < -0.39 is 0 Å². The summed E-state index contributed by atoms with van der Waals surface area (Å²) < 4.78 is 1.31. The normalized spacial score (nSPS) is 13.8. The van der Waals surface area contributed by atoms with Crippen molar-refractivity contribution in [2.24, 2.45) is 0 Å². The molecule has 0 aromatic heterocycles. The highest BCUT2D eigenvalue weighted by atomic mass is 28.1. The molecule has 0 fully saturated rings. The summed E-state index contributed by atoms with van der Waals surface area (Å²) in [5, 5.41) is 0. The highest BCUT2D eigenvalue weighted by Gasteiger charge is 2.19. The quantitative estimate of drug-likeness (QED) is 0.109. The minimum absolute atomic E-state index is 1.15. The third kappa shape index (κ3) is 17.6. The smallest absolute Gasteiger partial charge is 0.0784 e. The van der Waals surface area contributed by atoms with Gasteiger partial charge < -0.3 is 4.48 Å². The van der Waals surface area contributed by atoms with Crippen molar-refractivity contribution in [3.8, 4) is 0 Å². The van der Waals surface area contributed by atoms with Crippen LogP contribution in [0.3, 0.4) is 0 Å². The number of unbranched alkanes of at least 4 members (excludes halogenated alkanes) is 14. The Kier molecular flexibility index (Phi) is 20.1. The van der Waals surface area contributed by atoms with Crippen LogP contribution in [0.2, 0.25) is 6.04 Å². The van der Waals surface area contributed by atoms with E-state index in [1.165, 1.54) is 133 Å². The molecule has 0 saturated carbocycles. The third-order valence-corrected chi connectivity index (χ3v) is 6.33. The monoisotopic (exact) mass is 381 g/mol. The van der Waals surface area contributed by atoms with Gasteiger partial charge in [-0.05, 0) is 32.1 Å². The van der Waals surface area contributed by atoms with Crippen molar-refractivity contribution in [1.29, 1.82) is 0 Å². The van der Waals surface area contributed by atoms with E-state index in [-0.39, 0.29) is 0 Å². The van der Waals surface area contributed by atoms with E-state index >= 15 is 0 Å². The lowest BCUT2D eigenvalue weighted by molar-refractivity contribution is -0.910. The van der Waals surface area contributed by atoms with Gasteiger partial charge in [-0.25, -0.2) is 0 Å². The topological polar surface area (TPSA) is 0 Å². The standard InChI is InChI=1S/C24H51NSi/c1-4-6-8-10-11-12-13-14-15-17-19-22-25(3,23-20-24-26)21-18-16-9-7-5-2/h4-24H2,1-3H3/q+1. The van der Waals surface area contributed by atoms with Crippen molar-refractivity contribution < 1.29 is 4.48 Å². The predicted molar refractivity (Wildman–Crippen MR) is 121 cm³/mol. The first kappa shape index (κ1) is 26.2. The number of rotatable bonds is 21. The molecule has 0 spiro atoms. The van der Waals surface area contributed by atoms with Gasteiger partial charge >= 0.3 is 0 Å². The second-order valence-electron chi connectivity index (χ2n) is 8.84. The van der Waals surface area contributed by atoms with Crippen molar-refractivity contribution >= 4 is 10.2 Å². The van der Waals surface area contributed by atoms with Gasteiger partial charge in [0, 0.05) is 10.2 Å². The van der Waals surface area contributed by atoms with Gasteiger partial charge in [-0.3, -0.25) is 0 Å². The number of hydrogen-bond donors (Lipinski definition) is 0. The van der Waals surface area contributed by atoms with Crippen LogP contribution in [-0.4, -0.2) is 41.4 Å². The lowest BCUT2D eigenvalue weighted by Gasteiger charge is -2.35. The summed E-state index contributed by atoms with van der Waals surface area (Å²) in [5.74, 6) is 0. The molecule has 0 rings (SSSR count). The SMILES string of the molecule is CCCCCCCCCCCCC[N+](C)(CCC[Si])CCCCCCC. The first-order valence-electron chi connectivity index (χ1n) is 12.2. The van der Waals surface area contributed by atoms with Crippen LogP contribution >= 0.6 is 0 Å². The van der Waals surface area contributed by atoms with E-state index in [1.807, 2.05) is 0 Å². The molecular weight excluding hydrogens is 330 g/mol. The van der Waals surface area contributed by atoms with Crippen LogP contribution in [0.4, 0.5) is 0 Å². The summed E-state index contributed by atoms with van der Waals surface area (Å²) in [7, 11) is 6.19.